The third kappa shape index (κ3) is 3.24. The first kappa shape index (κ1) is 13.6. The molecule has 9 heteroatoms. The Labute approximate surface area is 101 Å². The van der Waals surface area contributed by atoms with Crippen molar-refractivity contribution in [1.82, 2.24) is 4.72 Å². The van der Waals surface area contributed by atoms with Gasteiger partial charge >= 0.3 is 5.97 Å². The third-order valence-electron chi connectivity index (χ3n) is 1.73. The van der Waals surface area contributed by atoms with Crippen LogP contribution in [0, 0.1) is 11.3 Å². The van der Waals surface area contributed by atoms with E-state index in [1.165, 1.54) is 12.1 Å². The number of carboxylic acids is 1. The predicted molar refractivity (Wildman–Crippen MR) is 57.9 cm³/mol. The molecule has 0 amide bonds. The van der Waals surface area contributed by atoms with Gasteiger partial charge in [0.1, 0.15) is 21.2 Å². The maximum absolute atomic E-state index is 11.7. The molecule has 0 aliphatic rings. The molecular weight excluding hydrogens is 268 g/mol. The number of hydrogen-bond donors (Lipinski definition) is 3. The lowest BCUT2D eigenvalue weighted by atomic mass is 10.3. The summed E-state index contributed by atoms with van der Waals surface area (Å²) in [6, 6.07) is 2.68. The van der Waals surface area contributed by atoms with Crippen LogP contribution in [0.3, 0.4) is 0 Å². The van der Waals surface area contributed by atoms with Crippen molar-refractivity contribution in [3.63, 3.8) is 0 Å². The molecule has 0 aliphatic heterocycles. The number of carbonyl (C=O) groups is 1. The molecule has 3 N–H and O–H groups in total. The number of carboxylic acid groups (broad SMARTS) is 1. The number of hydrogen-bond acceptors (Lipinski definition) is 6. The van der Waals surface area contributed by atoms with Crippen LogP contribution in [0.25, 0.3) is 0 Å². The standard InChI is InChI=1S/C8H8N2O5S2/c9-3-5-1-2-7(16-5)17(14,15)10-6(4-11)8(12)13/h1-2,6,10-11H,4H2,(H,12,13). The number of sulfonamides is 1. The lowest BCUT2D eigenvalue weighted by Crippen LogP contribution is -2.42. The highest BCUT2D eigenvalue weighted by atomic mass is 32.2. The van der Waals surface area contributed by atoms with Crippen LogP contribution in [-0.2, 0) is 14.8 Å². The van der Waals surface area contributed by atoms with E-state index in [-0.39, 0.29) is 9.09 Å². The van der Waals surface area contributed by atoms with Crippen LogP contribution in [0.15, 0.2) is 16.3 Å². The number of aliphatic carboxylic acids is 1. The molecular formula is C8H8N2O5S2. The zero-order valence-corrected chi connectivity index (χ0v) is 9.96. The van der Waals surface area contributed by atoms with Gasteiger partial charge in [0.15, 0.2) is 0 Å². The largest absolute Gasteiger partial charge is 0.480 e. The van der Waals surface area contributed by atoms with Crippen molar-refractivity contribution in [3.05, 3.63) is 17.0 Å². The van der Waals surface area contributed by atoms with Crippen molar-refractivity contribution in [2.45, 2.75) is 10.3 Å². The first-order valence-corrected chi connectivity index (χ1v) is 6.56. The van der Waals surface area contributed by atoms with Crippen LogP contribution in [0.5, 0.6) is 0 Å². The molecule has 0 fully saturated rings. The number of rotatable bonds is 5. The van der Waals surface area contributed by atoms with Crippen molar-refractivity contribution >= 4 is 27.3 Å². The lowest BCUT2D eigenvalue weighted by molar-refractivity contribution is -0.139. The van der Waals surface area contributed by atoms with E-state index >= 15 is 0 Å². The number of aliphatic hydroxyl groups excluding tert-OH is 1. The first-order chi connectivity index (χ1) is 7.90. The lowest BCUT2D eigenvalue weighted by Gasteiger charge is -2.10. The maximum Gasteiger partial charge on any atom is 0.324 e. The zero-order chi connectivity index (χ0) is 13.1. The van der Waals surface area contributed by atoms with E-state index in [9.17, 15) is 13.2 Å². The van der Waals surface area contributed by atoms with Crippen molar-refractivity contribution in [1.29, 1.82) is 5.26 Å². The molecule has 1 heterocycles. The van der Waals surface area contributed by atoms with E-state index in [1.54, 1.807) is 6.07 Å². The van der Waals surface area contributed by atoms with Gasteiger partial charge in [-0.1, -0.05) is 0 Å². The zero-order valence-electron chi connectivity index (χ0n) is 8.32. The van der Waals surface area contributed by atoms with Crippen LogP contribution in [0.2, 0.25) is 0 Å². The highest BCUT2D eigenvalue weighted by molar-refractivity contribution is 7.91. The summed E-state index contributed by atoms with van der Waals surface area (Å²) >= 11 is 0.718. The molecule has 17 heavy (non-hydrogen) atoms. The van der Waals surface area contributed by atoms with Gasteiger partial charge in [-0.05, 0) is 12.1 Å². The molecule has 1 rings (SSSR count). The summed E-state index contributed by atoms with van der Waals surface area (Å²) in [6.45, 7) is -0.856. The Morgan fingerprint density at radius 3 is 2.65 bits per heavy atom. The van der Waals surface area contributed by atoms with Gasteiger partial charge in [-0.25, -0.2) is 8.42 Å². The molecule has 0 saturated carbocycles. The molecule has 1 aromatic heterocycles. The maximum atomic E-state index is 11.7. The normalized spacial score (nSPS) is 12.9. The van der Waals surface area contributed by atoms with Crippen LogP contribution in [-0.4, -0.2) is 37.2 Å². The predicted octanol–water partition coefficient (Wildman–Crippen LogP) is -0.656. The summed E-state index contributed by atoms with van der Waals surface area (Å²) in [4.78, 5) is 10.8. The second kappa shape index (κ2) is 5.24. The Balaban J connectivity index is 2.96. The van der Waals surface area contributed by atoms with Gasteiger partial charge in [0, 0.05) is 0 Å². The molecule has 1 atom stereocenters. The van der Waals surface area contributed by atoms with Gasteiger partial charge in [0.2, 0.25) is 0 Å². The Kier molecular flexibility index (Phi) is 4.19. The Morgan fingerprint density at radius 2 is 2.24 bits per heavy atom. The Morgan fingerprint density at radius 1 is 1.59 bits per heavy atom. The fraction of sp³-hybridized carbons (Fsp3) is 0.250. The fourth-order valence-corrected chi connectivity index (χ4v) is 3.24. The van der Waals surface area contributed by atoms with Crippen LogP contribution in [0.1, 0.15) is 4.88 Å². The van der Waals surface area contributed by atoms with E-state index in [0.29, 0.717) is 0 Å². The summed E-state index contributed by atoms with van der Waals surface area (Å²) in [7, 11) is -4.03. The van der Waals surface area contributed by atoms with Gasteiger partial charge < -0.3 is 10.2 Å². The molecule has 0 radical (unpaired) electrons. The van der Waals surface area contributed by atoms with Gasteiger partial charge in [0.25, 0.3) is 10.0 Å². The first-order valence-electron chi connectivity index (χ1n) is 4.26. The molecule has 7 nitrogen and oxygen atoms in total. The molecule has 1 aromatic rings. The number of aliphatic hydroxyl groups is 1. The average Bonchev–Trinajstić information content (AvgIpc) is 2.74. The minimum atomic E-state index is -4.03. The number of nitrogens with one attached hydrogen (secondary N) is 1. The van der Waals surface area contributed by atoms with Crippen molar-refractivity contribution < 1.29 is 23.4 Å². The fourth-order valence-electron chi connectivity index (χ4n) is 0.936. The quantitative estimate of drug-likeness (QED) is 0.655. The van der Waals surface area contributed by atoms with Gasteiger partial charge in [-0.3, -0.25) is 4.79 Å². The molecule has 0 saturated heterocycles. The summed E-state index contributed by atoms with van der Waals surface area (Å²) in [5, 5.41) is 25.8. The third-order valence-corrected chi connectivity index (χ3v) is 4.69. The Hall–Kier alpha value is -1.47. The molecule has 0 aliphatic carbocycles. The van der Waals surface area contributed by atoms with Crippen molar-refractivity contribution in [2.24, 2.45) is 0 Å². The van der Waals surface area contributed by atoms with Gasteiger partial charge in [-0.2, -0.15) is 9.98 Å². The number of thiophene rings is 1. The summed E-state index contributed by atoms with van der Waals surface area (Å²) in [5.41, 5.74) is 0. The van der Waals surface area contributed by atoms with Crippen molar-refractivity contribution in [3.8, 4) is 6.07 Å². The highest BCUT2D eigenvalue weighted by Gasteiger charge is 2.25. The molecule has 0 aromatic carbocycles. The molecule has 1 unspecified atom stereocenters. The van der Waals surface area contributed by atoms with E-state index in [0.717, 1.165) is 11.3 Å². The van der Waals surface area contributed by atoms with Crippen molar-refractivity contribution in [2.75, 3.05) is 6.61 Å². The summed E-state index contributed by atoms with van der Waals surface area (Å²) in [5.74, 6) is -1.48. The number of nitrogens with zero attached hydrogens (tertiary/aromatic N) is 1. The highest BCUT2D eigenvalue weighted by Crippen LogP contribution is 2.20. The van der Waals surface area contributed by atoms with E-state index in [1.807, 2.05) is 4.72 Å². The average molecular weight is 276 g/mol. The van der Waals surface area contributed by atoms with E-state index in [2.05, 4.69) is 0 Å². The second-order valence-corrected chi connectivity index (χ2v) is 5.95. The monoisotopic (exact) mass is 276 g/mol. The van der Waals surface area contributed by atoms with E-state index in [4.69, 9.17) is 15.5 Å². The van der Waals surface area contributed by atoms with E-state index < -0.39 is 28.6 Å². The molecule has 0 bridgehead atoms. The van der Waals surface area contributed by atoms with Gasteiger partial charge in [0.05, 0.1) is 6.61 Å². The minimum Gasteiger partial charge on any atom is -0.480 e. The van der Waals surface area contributed by atoms with Crippen LogP contribution >= 0.6 is 11.3 Å². The molecule has 0 spiro atoms. The van der Waals surface area contributed by atoms with Gasteiger partial charge in [-0.15, -0.1) is 11.3 Å². The summed E-state index contributed by atoms with van der Waals surface area (Å²) in [6.07, 6.45) is 0. The summed E-state index contributed by atoms with van der Waals surface area (Å²) < 4.78 is 24.9. The smallest absolute Gasteiger partial charge is 0.324 e. The topological polar surface area (TPSA) is 127 Å². The van der Waals surface area contributed by atoms with Crippen LogP contribution < -0.4 is 4.72 Å². The Bertz CT molecular complexity index is 557. The number of nitriles is 1. The van der Waals surface area contributed by atoms with Crippen LogP contribution in [0.4, 0.5) is 0 Å². The second-order valence-electron chi connectivity index (χ2n) is 2.93. The minimum absolute atomic E-state index is 0.172. The molecule has 92 valence electrons. The SMILES string of the molecule is N#Cc1ccc(S(=O)(=O)NC(CO)C(=O)O)s1.